The highest BCUT2D eigenvalue weighted by Crippen LogP contribution is 2.46. The van der Waals surface area contributed by atoms with Crippen LogP contribution in [-0.2, 0) is 16.0 Å². The number of rotatable bonds is 5. The second kappa shape index (κ2) is 8.52. The van der Waals surface area contributed by atoms with Crippen LogP contribution in [0.3, 0.4) is 0 Å². The highest BCUT2D eigenvalue weighted by molar-refractivity contribution is 6.00. The molecule has 1 amide bonds. The molecule has 0 unspecified atom stereocenters. The van der Waals surface area contributed by atoms with E-state index in [9.17, 15) is 14.7 Å². The number of carboxylic acid groups (broad SMARTS) is 1. The zero-order valence-corrected chi connectivity index (χ0v) is 17.3. The van der Waals surface area contributed by atoms with E-state index in [4.69, 9.17) is 9.47 Å². The minimum Gasteiger partial charge on any atom is -0.497 e. The Labute approximate surface area is 180 Å². The fourth-order valence-corrected chi connectivity index (χ4v) is 4.25. The van der Waals surface area contributed by atoms with Crippen molar-refractivity contribution in [2.45, 2.75) is 18.4 Å². The molecule has 0 fully saturated rings. The van der Waals surface area contributed by atoms with Gasteiger partial charge in [-0.3, -0.25) is 14.5 Å². The van der Waals surface area contributed by atoms with Crippen LogP contribution in [0.15, 0.2) is 72.8 Å². The van der Waals surface area contributed by atoms with E-state index in [-0.39, 0.29) is 12.3 Å². The van der Waals surface area contributed by atoms with E-state index in [0.29, 0.717) is 22.7 Å². The van der Waals surface area contributed by atoms with E-state index in [1.165, 1.54) is 7.11 Å². The third-order valence-corrected chi connectivity index (χ3v) is 5.65. The topological polar surface area (TPSA) is 76.1 Å². The SMILES string of the molecule is COc1ccc(N2C(=O)Cc3ccccc3[C@@H](C(=O)O)[C@@H]2c2ccccc2)c(OC)c1. The molecule has 1 aliphatic rings. The van der Waals surface area contributed by atoms with E-state index in [1.807, 2.05) is 48.5 Å². The Morgan fingerprint density at radius 2 is 1.68 bits per heavy atom. The van der Waals surface area contributed by atoms with Gasteiger partial charge in [0.15, 0.2) is 0 Å². The van der Waals surface area contributed by atoms with Crippen molar-refractivity contribution < 1.29 is 24.2 Å². The van der Waals surface area contributed by atoms with Crippen molar-refractivity contribution in [2.24, 2.45) is 0 Å². The number of hydrogen-bond acceptors (Lipinski definition) is 4. The van der Waals surface area contributed by atoms with Gasteiger partial charge in [-0.2, -0.15) is 0 Å². The van der Waals surface area contributed by atoms with Crippen LogP contribution < -0.4 is 14.4 Å². The first-order valence-electron chi connectivity index (χ1n) is 9.94. The third kappa shape index (κ3) is 3.72. The van der Waals surface area contributed by atoms with Gasteiger partial charge in [0.2, 0.25) is 5.91 Å². The third-order valence-electron chi connectivity index (χ3n) is 5.65. The molecule has 4 rings (SSSR count). The summed E-state index contributed by atoms with van der Waals surface area (Å²) < 4.78 is 10.9. The van der Waals surface area contributed by atoms with Gasteiger partial charge in [0.1, 0.15) is 17.4 Å². The van der Waals surface area contributed by atoms with E-state index in [0.717, 1.165) is 11.1 Å². The average Bonchev–Trinajstić information content (AvgIpc) is 2.92. The normalized spacial score (nSPS) is 18.1. The number of carboxylic acids is 1. The molecule has 0 radical (unpaired) electrons. The first-order chi connectivity index (χ1) is 15.0. The van der Waals surface area contributed by atoms with Crippen molar-refractivity contribution in [2.75, 3.05) is 19.1 Å². The number of carbonyl (C=O) groups is 2. The molecule has 1 heterocycles. The number of nitrogens with zero attached hydrogens (tertiary/aromatic N) is 1. The number of amides is 1. The Morgan fingerprint density at radius 3 is 2.35 bits per heavy atom. The molecule has 1 N–H and O–H groups in total. The largest absolute Gasteiger partial charge is 0.497 e. The van der Waals surface area contributed by atoms with Gasteiger partial charge in [-0.25, -0.2) is 0 Å². The van der Waals surface area contributed by atoms with Crippen LogP contribution in [0, 0.1) is 0 Å². The zero-order chi connectivity index (χ0) is 22.0. The van der Waals surface area contributed by atoms with E-state index in [2.05, 4.69) is 0 Å². The Morgan fingerprint density at radius 1 is 0.968 bits per heavy atom. The minimum absolute atomic E-state index is 0.0957. The standard InChI is InChI=1S/C25H23NO5/c1-30-18-12-13-20(21(15-18)31-2)26-22(27)14-17-10-6-7-11-19(17)23(25(28)29)24(26)16-8-4-3-5-9-16/h3-13,15,23-24H,14H2,1-2H3,(H,28,29)/t23-,24+/m1/s1. The summed E-state index contributed by atoms with van der Waals surface area (Å²) in [6, 6.07) is 20.9. The van der Waals surface area contributed by atoms with Crippen molar-refractivity contribution in [1.82, 2.24) is 0 Å². The van der Waals surface area contributed by atoms with Gasteiger partial charge in [0.25, 0.3) is 0 Å². The number of benzene rings is 3. The van der Waals surface area contributed by atoms with Crippen molar-refractivity contribution in [1.29, 1.82) is 0 Å². The van der Waals surface area contributed by atoms with Crippen LogP contribution in [0.4, 0.5) is 5.69 Å². The molecule has 1 aliphatic heterocycles. The first-order valence-corrected chi connectivity index (χ1v) is 9.94. The van der Waals surface area contributed by atoms with E-state index >= 15 is 0 Å². The zero-order valence-electron chi connectivity index (χ0n) is 17.3. The number of carbonyl (C=O) groups excluding carboxylic acids is 1. The van der Waals surface area contributed by atoms with Gasteiger partial charge in [-0.1, -0.05) is 54.6 Å². The maximum atomic E-state index is 13.6. The van der Waals surface area contributed by atoms with Crippen LogP contribution in [0.5, 0.6) is 11.5 Å². The Balaban J connectivity index is 1.99. The first kappa shape index (κ1) is 20.5. The molecule has 3 aromatic rings. The van der Waals surface area contributed by atoms with Crippen molar-refractivity contribution in [3.63, 3.8) is 0 Å². The van der Waals surface area contributed by atoms with Gasteiger partial charge in [0, 0.05) is 6.07 Å². The molecule has 0 spiro atoms. The average molecular weight is 417 g/mol. The van der Waals surface area contributed by atoms with Gasteiger partial charge in [-0.15, -0.1) is 0 Å². The molecular weight excluding hydrogens is 394 g/mol. The maximum Gasteiger partial charge on any atom is 0.313 e. The van der Waals surface area contributed by atoms with Gasteiger partial charge >= 0.3 is 5.97 Å². The van der Waals surface area contributed by atoms with Crippen LogP contribution in [0.25, 0.3) is 0 Å². The molecule has 6 nitrogen and oxygen atoms in total. The van der Waals surface area contributed by atoms with Gasteiger partial charge in [0.05, 0.1) is 32.4 Å². The van der Waals surface area contributed by atoms with Crippen molar-refractivity contribution >= 4 is 17.6 Å². The number of hydrogen-bond donors (Lipinski definition) is 1. The summed E-state index contributed by atoms with van der Waals surface area (Å²) >= 11 is 0. The minimum atomic E-state index is -0.992. The predicted octanol–water partition coefficient (Wildman–Crippen LogP) is 4.20. The molecule has 158 valence electrons. The highest BCUT2D eigenvalue weighted by atomic mass is 16.5. The smallest absolute Gasteiger partial charge is 0.313 e. The lowest BCUT2D eigenvalue weighted by Gasteiger charge is -2.35. The quantitative estimate of drug-likeness (QED) is 0.673. The monoisotopic (exact) mass is 417 g/mol. The summed E-state index contributed by atoms with van der Waals surface area (Å²) in [7, 11) is 3.07. The maximum absolute atomic E-state index is 13.6. The Hall–Kier alpha value is -3.80. The summed E-state index contributed by atoms with van der Waals surface area (Å²) in [5.41, 5.74) is 2.60. The molecule has 0 aromatic heterocycles. The van der Waals surface area contributed by atoms with Crippen molar-refractivity contribution in [3.8, 4) is 11.5 Å². The van der Waals surface area contributed by atoms with Crippen LogP contribution >= 0.6 is 0 Å². The molecule has 0 bridgehead atoms. The second-order valence-corrected chi connectivity index (χ2v) is 7.35. The lowest BCUT2D eigenvalue weighted by Crippen LogP contribution is -2.39. The Kier molecular flexibility index (Phi) is 5.62. The lowest BCUT2D eigenvalue weighted by molar-refractivity contribution is -0.139. The molecule has 2 atom stereocenters. The summed E-state index contributed by atoms with van der Waals surface area (Å²) in [5.74, 6) is -1.13. The molecular formula is C25H23NO5. The molecule has 31 heavy (non-hydrogen) atoms. The number of methoxy groups -OCH3 is 2. The molecule has 0 saturated carbocycles. The summed E-state index contributed by atoms with van der Waals surface area (Å²) in [5, 5.41) is 10.3. The highest BCUT2D eigenvalue weighted by Gasteiger charge is 2.43. The fraction of sp³-hybridized carbons (Fsp3) is 0.200. The molecule has 0 aliphatic carbocycles. The number of fused-ring (bicyclic) bond motifs is 1. The van der Waals surface area contributed by atoms with Crippen LogP contribution in [-0.4, -0.2) is 31.2 Å². The van der Waals surface area contributed by atoms with Crippen LogP contribution in [0.1, 0.15) is 28.7 Å². The lowest BCUT2D eigenvalue weighted by atomic mass is 9.84. The van der Waals surface area contributed by atoms with E-state index in [1.54, 1.807) is 36.3 Å². The van der Waals surface area contributed by atoms with Gasteiger partial charge in [-0.05, 0) is 28.8 Å². The fourth-order valence-electron chi connectivity index (χ4n) is 4.25. The summed E-state index contributed by atoms with van der Waals surface area (Å²) in [6.45, 7) is 0. The number of ether oxygens (including phenoxy) is 2. The number of anilines is 1. The van der Waals surface area contributed by atoms with Crippen LogP contribution in [0.2, 0.25) is 0 Å². The van der Waals surface area contributed by atoms with E-state index < -0.39 is 17.9 Å². The second-order valence-electron chi connectivity index (χ2n) is 7.35. The van der Waals surface area contributed by atoms with Gasteiger partial charge < -0.3 is 14.6 Å². The number of aliphatic carboxylic acids is 1. The summed E-state index contributed by atoms with van der Waals surface area (Å²) in [4.78, 5) is 27.8. The molecule has 0 saturated heterocycles. The summed E-state index contributed by atoms with van der Waals surface area (Å²) in [6.07, 6.45) is 0.0957. The predicted molar refractivity (Wildman–Crippen MR) is 117 cm³/mol. The molecule has 3 aromatic carbocycles. The van der Waals surface area contributed by atoms with Crippen molar-refractivity contribution in [3.05, 3.63) is 89.5 Å². The molecule has 6 heteroatoms. The Bertz CT molecular complexity index is 1110.